The molecule has 0 spiro atoms. The van der Waals surface area contributed by atoms with Crippen LogP contribution in [0.5, 0.6) is 5.75 Å². The zero-order valence-corrected chi connectivity index (χ0v) is 14.9. The van der Waals surface area contributed by atoms with Crippen molar-refractivity contribution in [2.75, 3.05) is 18.2 Å². The van der Waals surface area contributed by atoms with E-state index >= 15 is 0 Å². The number of ether oxygens (including phenoxy) is 1. The van der Waals surface area contributed by atoms with E-state index in [1.807, 2.05) is 12.1 Å². The van der Waals surface area contributed by atoms with Crippen molar-refractivity contribution in [1.82, 2.24) is 14.6 Å². The number of fused-ring (bicyclic) bond motifs is 1. The van der Waals surface area contributed by atoms with Gasteiger partial charge in [-0.15, -0.1) is 10.2 Å². The average molecular weight is 374 g/mol. The van der Waals surface area contributed by atoms with Crippen LogP contribution >= 0.6 is 0 Å². The maximum absolute atomic E-state index is 12.0. The van der Waals surface area contributed by atoms with Gasteiger partial charge in [0.15, 0.2) is 15.5 Å². The molecular formula is C17H18N4O4S. The van der Waals surface area contributed by atoms with E-state index in [9.17, 15) is 13.2 Å². The first kappa shape index (κ1) is 17.9. The summed E-state index contributed by atoms with van der Waals surface area (Å²) < 4.78 is 30.0. The highest BCUT2D eigenvalue weighted by molar-refractivity contribution is 7.90. The predicted octanol–water partition coefficient (Wildman–Crippen LogP) is 1.93. The van der Waals surface area contributed by atoms with E-state index in [0.29, 0.717) is 30.4 Å². The minimum absolute atomic E-state index is 0.181. The lowest BCUT2D eigenvalue weighted by Crippen LogP contribution is -2.14. The summed E-state index contributed by atoms with van der Waals surface area (Å²) in [6.07, 6.45) is 3.70. The Labute approximate surface area is 150 Å². The Bertz CT molecular complexity index is 1010. The molecule has 0 aliphatic rings. The van der Waals surface area contributed by atoms with Crippen LogP contribution in [0.1, 0.15) is 12.8 Å². The summed E-state index contributed by atoms with van der Waals surface area (Å²) in [4.78, 5) is 12.2. The van der Waals surface area contributed by atoms with Crippen LogP contribution in [0.2, 0.25) is 0 Å². The molecule has 26 heavy (non-hydrogen) atoms. The smallest absolute Gasteiger partial charge is 0.235 e. The fraction of sp³-hybridized carbons (Fsp3) is 0.235. The van der Waals surface area contributed by atoms with E-state index in [1.54, 1.807) is 28.8 Å². The van der Waals surface area contributed by atoms with Gasteiger partial charge in [-0.3, -0.25) is 14.5 Å². The van der Waals surface area contributed by atoms with E-state index < -0.39 is 9.84 Å². The molecule has 2 heterocycles. The standard InChI is InChI=1S/C17H18N4O4S/c1-26(23,24)14-9-7-13(8-10-14)25-12-4-6-16(22)18-17-20-19-15-5-2-3-11-21(15)17/h2-3,5,7-11H,4,6,12H2,1H3,(H,18,20,22). The number of carbonyl (C=O) groups is 1. The second-order valence-electron chi connectivity index (χ2n) is 5.70. The number of hydrogen-bond acceptors (Lipinski definition) is 6. The lowest BCUT2D eigenvalue weighted by atomic mass is 10.3. The summed E-state index contributed by atoms with van der Waals surface area (Å²) in [5, 5.41) is 10.6. The number of pyridine rings is 1. The van der Waals surface area contributed by atoms with Crippen molar-refractivity contribution >= 4 is 27.3 Å². The minimum atomic E-state index is -3.22. The van der Waals surface area contributed by atoms with Crippen LogP contribution in [0.4, 0.5) is 5.95 Å². The first-order chi connectivity index (χ1) is 12.4. The maximum Gasteiger partial charge on any atom is 0.235 e. The van der Waals surface area contributed by atoms with Crippen LogP contribution in [0.3, 0.4) is 0 Å². The van der Waals surface area contributed by atoms with Crippen molar-refractivity contribution in [3.8, 4) is 5.75 Å². The summed E-state index contributed by atoms with van der Waals surface area (Å²) in [6, 6.07) is 11.6. The molecule has 8 nitrogen and oxygen atoms in total. The molecular weight excluding hydrogens is 356 g/mol. The molecule has 3 aromatic rings. The second kappa shape index (κ2) is 7.52. The Balaban J connectivity index is 1.45. The first-order valence-electron chi connectivity index (χ1n) is 7.96. The van der Waals surface area contributed by atoms with Gasteiger partial charge in [0.2, 0.25) is 11.9 Å². The van der Waals surface area contributed by atoms with Gasteiger partial charge in [-0.25, -0.2) is 8.42 Å². The molecule has 3 rings (SSSR count). The Morgan fingerprint density at radius 3 is 2.65 bits per heavy atom. The SMILES string of the molecule is CS(=O)(=O)c1ccc(OCCCC(=O)Nc2nnc3ccccn23)cc1. The third-order valence-corrected chi connectivity index (χ3v) is 4.76. The highest BCUT2D eigenvalue weighted by atomic mass is 32.2. The fourth-order valence-corrected chi connectivity index (χ4v) is 2.95. The summed E-state index contributed by atoms with van der Waals surface area (Å²) in [6.45, 7) is 0.340. The van der Waals surface area contributed by atoms with Crippen LogP contribution in [0, 0.1) is 0 Å². The molecule has 0 fully saturated rings. The third-order valence-electron chi connectivity index (χ3n) is 3.63. The average Bonchev–Trinajstić information content (AvgIpc) is 3.01. The molecule has 2 aromatic heterocycles. The topological polar surface area (TPSA) is 103 Å². The highest BCUT2D eigenvalue weighted by Crippen LogP contribution is 2.16. The summed E-state index contributed by atoms with van der Waals surface area (Å²) in [7, 11) is -3.22. The molecule has 0 saturated carbocycles. The van der Waals surface area contributed by atoms with Crippen molar-refractivity contribution in [2.45, 2.75) is 17.7 Å². The van der Waals surface area contributed by atoms with Gasteiger partial charge in [-0.05, 0) is 42.8 Å². The number of amides is 1. The molecule has 0 saturated heterocycles. The molecule has 1 amide bonds. The number of benzene rings is 1. The van der Waals surface area contributed by atoms with Crippen LogP contribution in [0.25, 0.3) is 5.65 Å². The van der Waals surface area contributed by atoms with Crippen molar-refractivity contribution in [3.05, 3.63) is 48.7 Å². The van der Waals surface area contributed by atoms with Gasteiger partial charge in [-0.1, -0.05) is 6.07 Å². The number of carbonyl (C=O) groups excluding carboxylic acids is 1. The van der Waals surface area contributed by atoms with Crippen LogP contribution < -0.4 is 10.1 Å². The number of sulfone groups is 1. The number of nitrogens with zero attached hydrogens (tertiary/aromatic N) is 3. The van der Waals surface area contributed by atoms with Gasteiger partial charge in [0.1, 0.15) is 5.75 Å². The lowest BCUT2D eigenvalue weighted by molar-refractivity contribution is -0.116. The van der Waals surface area contributed by atoms with Crippen LogP contribution in [-0.2, 0) is 14.6 Å². The van der Waals surface area contributed by atoms with E-state index in [4.69, 9.17) is 4.74 Å². The predicted molar refractivity (Wildman–Crippen MR) is 95.9 cm³/mol. The summed E-state index contributed by atoms with van der Waals surface area (Å²) >= 11 is 0. The van der Waals surface area contributed by atoms with Crippen molar-refractivity contribution in [3.63, 3.8) is 0 Å². The van der Waals surface area contributed by atoms with Crippen molar-refractivity contribution in [1.29, 1.82) is 0 Å². The molecule has 0 unspecified atom stereocenters. The fourth-order valence-electron chi connectivity index (χ4n) is 2.32. The molecule has 0 aliphatic heterocycles. The van der Waals surface area contributed by atoms with Crippen molar-refractivity contribution < 1.29 is 17.9 Å². The van der Waals surface area contributed by atoms with Gasteiger partial charge < -0.3 is 4.74 Å². The maximum atomic E-state index is 12.0. The first-order valence-corrected chi connectivity index (χ1v) is 9.85. The largest absolute Gasteiger partial charge is 0.494 e. The summed E-state index contributed by atoms with van der Waals surface area (Å²) in [5.74, 6) is 0.753. The van der Waals surface area contributed by atoms with Gasteiger partial charge in [0, 0.05) is 18.9 Å². The number of anilines is 1. The van der Waals surface area contributed by atoms with Crippen molar-refractivity contribution in [2.24, 2.45) is 0 Å². The lowest BCUT2D eigenvalue weighted by Gasteiger charge is -2.07. The van der Waals surface area contributed by atoms with Crippen LogP contribution in [0.15, 0.2) is 53.6 Å². The van der Waals surface area contributed by atoms with Gasteiger partial charge >= 0.3 is 0 Å². The van der Waals surface area contributed by atoms with Gasteiger partial charge in [0.05, 0.1) is 11.5 Å². The monoisotopic (exact) mass is 374 g/mol. The molecule has 1 aromatic carbocycles. The zero-order valence-electron chi connectivity index (χ0n) is 14.1. The normalized spacial score (nSPS) is 11.4. The molecule has 136 valence electrons. The number of rotatable bonds is 7. The Morgan fingerprint density at radius 2 is 1.92 bits per heavy atom. The minimum Gasteiger partial charge on any atom is -0.494 e. The third kappa shape index (κ3) is 4.37. The zero-order chi connectivity index (χ0) is 18.6. The Kier molecular flexibility index (Phi) is 5.17. The Hall–Kier alpha value is -2.94. The van der Waals surface area contributed by atoms with Gasteiger partial charge in [0.25, 0.3) is 0 Å². The quantitative estimate of drug-likeness (QED) is 0.634. The molecule has 9 heteroatoms. The second-order valence-corrected chi connectivity index (χ2v) is 7.71. The van der Waals surface area contributed by atoms with E-state index in [1.165, 1.54) is 12.1 Å². The molecule has 0 radical (unpaired) electrons. The summed E-state index contributed by atoms with van der Waals surface area (Å²) in [5.41, 5.74) is 0.656. The van der Waals surface area contributed by atoms with Gasteiger partial charge in [-0.2, -0.15) is 0 Å². The van der Waals surface area contributed by atoms with Crippen LogP contribution in [-0.4, -0.2) is 41.8 Å². The number of aromatic nitrogens is 3. The van der Waals surface area contributed by atoms with E-state index in [0.717, 1.165) is 6.26 Å². The number of nitrogens with one attached hydrogen (secondary N) is 1. The number of hydrogen-bond donors (Lipinski definition) is 1. The van der Waals surface area contributed by atoms with E-state index in [-0.39, 0.29) is 17.2 Å². The Morgan fingerprint density at radius 1 is 1.15 bits per heavy atom. The highest BCUT2D eigenvalue weighted by Gasteiger charge is 2.09. The molecule has 0 bridgehead atoms. The molecule has 1 N–H and O–H groups in total. The van der Waals surface area contributed by atoms with E-state index in [2.05, 4.69) is 15.5 Å². The molecule has 0 atom stereocenters. The molecule has 0 aliphatic carbocycles.